The minimum atomic E-state index is 0.723. The first-order valence-electron chi connectivity index (χ1n) is 3.81. The van der Waals surface area contributed by atoms with Crippen LogP contribution in [0.25, 0.3) is 11.2 Å². The lowest BCUT2D eigenvalue weighted by Crippen LogP contribution is -1.91. The van der Waals surface area contributed by atoms with Gasteiger partial charge in [0.25, 0.3) is 0 Å². The molecule has 0 bridgehead atoms. The SMILES string of the molecule is Cc1nc2cn(C)nc2nc1C. The van der Waals surface area contributed by atoms with Crippen LogP contribution in [0.4, 0.5) is 0 Å². The molecule has 0 saturated heterocycles. The number of aryl methyl sites for hydroxylation is 3. The van der Waals surface area contributed by atoms with Crippen LogP contribution >= 0.6 is 0 Å². The fourth-order valence-electron chi connectivity index (χ4n) is 1.12. The van der Waals surface area contributed by atoms with Crippen molar-refractivity contribution in [1.82, 2.24) is 19.7 Å². The Bertz CT molecular complexity index is 391. The summed E-state index contributed by atoms with van der Waals surface area (Å²) in [6.07, 6.45) is 1.87. The topological polar surface area (TPSA) is 43.6 Å². The molecule has 12 heavy (non-hydrogen) atoms. The number of fused-ring (bicyclic) bond motifs is 1. The first-order valence-corrected chi connectivity index (χ1v) is 3.81. The van der Waals surface area contributed by atoms with E-state index in [0.717, 1.165) is 22.6 Å². The largest absolute Gasteiger partial charge is 0.271 e. The van der Waals surface area contributed by atoms with Crippen molar-refractivity contribution in [3.8, 4) is 0 Å². The highest BCUT2D eigenvalue weighted by molar-refractivity contribution is 5.68. The summed E-state index contributed by atoms with van der Waals surface area (Å²) in [5, 5.41) is 4.16. The first-order chi connectivity index (χ1) is 5.66. The van der Waals surface area contributed by atoms with E-state index < -0.39 is 0 Å². The van der Waals surface area contributed by atoms with Gasteiger partial charge in [-0.15, -0.1) is 0 Å². The van der Waals surface area contributed by atoms with E-state index in [9.17, 15) is 0 Å². The van der Waals surface area contributed by atoms with Gasteiger partial charge in [0.2, 0.25) is 0 Å². The van der Waals surface area contributed by atoms with Gasteiger partial charge in [-0.2, -0.15) is 5.10 Å². The fourth-order valence-corrected chi connectivity index (χ4v) is 1.12. The Hall–Kier alpha value is -1.45. The molecule has 2 heterocycles. The molecule has 0 amide bonds. The molecule has 0 aliphatic rings. The molecule has 0 aliphatic carbocycles. The zero-order valence-corrected chi connectivity index (χ0v) is 7.37. The second kappa shape index (κ2) is 2.27. The van der Waals surface area contributed by atoms with Crippen molar-refractivity contribution in [3.05, 3.63) is 17.6 Å². The molecular weight excluding hydrogens is 152 g/mol. The van der Waals surface area contributed by atoms with Crippen molar-refractivity contribution >= 4 is 11.2 Å². The maximum absolute atomic E-state index is 4.35. The molecule has 2 aromatic heterocycles. The van der Waals surface area contributed by atoms with Crippen molar-refractivity contribution in [2.24, 2.45) is 7.05 Å². The lowest BCUT2D eigenvalue weighted by atomic mass is 10.3. The molecule has 2 aromatic rings. The zero-order chi connectivity index (χ0) is 8.72. The second-order valence-corrected chi connectivity index (χ2v) is 2.91. The van der Waals surface area contributed by atoms with Gasteiger partial charge in [0.05, 0.1) is 17.6 Å². The van der Waals surface area contributed by atoms with Gasteiger partial charge in [0.15, 0.2) is 5.65 Å². The first kappa shape index (κ1) is 7.21. The molecule has 0 atom stereocenters. The Morgan fingerprint density at radius 2 is 1.83 bits per heavy atom. The van der Waals surface area contributed by atoms with Crippen LogP contribution in [0.2, 0.25) is 0 Å². The molecule has 0 radical (unpaired) electrons. The van der Waals surface area contributed by atoms with Crippen molar-refractivity contribution in [3.63, 3.8) is 0 Å². The van der Waals surface area contributed by atoms with Gasteiger partial charge in [-0.25, -0.2) is 9.97 Å². The smallest absolute Gasteiger partial charge is 0.200 e. The van der Waals surface area contributed by atoms with Crippen LogP contribution in [0.1, 0.15) is 11.4 Å². The van der Waals surface area contributed by atoms with E-state index in [1.807, 2.05) is 27.1 Å². The molecule has 0 saturated carbocycles. The van der Waals surface area contributed by atoms with E-state index in [0.29, 0.717) is 0 Å². The molecule has 62 valence electrons. The quantitative estimate of drug-likeness (QED) is 0.580. The van der Waals surface area contributed by atoms with E-state index >= 15 is 0 Å². The van der Waals surface area contributed by atoms with E-state index in [-0.39, 0.29) is 0 Å². The predicted octanol–water partition coefficient (Wildman–Crippen LogP) is 0.980. The molecule has 4 nitrogen and oxygen atoms in total. The number of hydrogen-bond acceptors (Lipinski definition) is 3. The molecule has 0 aromatic carbocycles. The van der Waals surface area contributed by atoms with Crippen LogP contribution in [0.3, 0.4) is 0 Å². The maximum Gasteiger partial charge on any atom is 0.200 e. The normalized spacial score (nSPS) is 10.9. The summed E-state index contributed by atoms with van der Waals surface area (Å²) in [5.41, 5.74) is 3.50. The summed E-state index contributed by atoms with van der Waals surface area (Å²) in [6.45, 7) is 3.89. The van der Waals surface area contributed by atoms with Gasteiger partial charge in [0, 0.05) is 7.05 Å². The van der Waals surface area contributed by atoms with Gasteiger partial charge in [-0.05, 0) is 13.8 Å². The lowest BCUT2D eigenvalue weighted by Gasteiger charge is -1.94. The summed E-state index contributed by atoms with van der Waals surface area (Å²) < 4.78 is 1.73. The lowest BCUT2D eigenvalue weighted by molar-refractivity contribution is 0.775. The summed E-state index contributed by atoms with van der Waals surface area (Å²) in [7, 11) is 1.87. The molecule has 0 fully saturated rings. The van der Waals surface area contributed by atoms with Gasteiger partial charge >= 0.3 is 0 Å². The van der Waals surface area contributed by atoms with Crippen molar-refractivity contribution in [2.45, 2.75) is 13.8 Å². The Balaban J connectivity index is 2.83. The van der Waals surface area contributed by atoms with Gasteiger partial charge in [-0.1, -0.05) is 0 Å². The van der Waals surface area contributed by atoms with Gasteiger partial charge < -0.3 is 0 Å². The highest BCUT2D eigenvalue weighted by Crippen LogP contribution is 2.08. The van der Waals surface area contributed by atoms with E-state index in [4.69, 9.17) is 0 Å². The Labute approximate surface area is 70.3 Å². The van der Waals surface area contributed by atoms with Crippen molar-refractivity contribution in [2.75, 3.05) is 0 Å². The average Bonchev–Trinajstić information content (AvgIpc) is 2.30. The fraction of sp³-hybridized carbons (Fsp3) is 0.375. The van der Waals surface area contributed by atoms with Crippen molar-refractivity contribution < 1.29 is 0 Å². The summed E-state index contributed by atoms with van der Waals surface area (Å²) >= 11 is 0. The third-order valence-corrected chi connectivity index (χ3v) is 1.88. The third-order valence-electron chi connectivity index (χ3n) is 1.88. The van der Waals surface area contributed by atoms with Crippen LogP contribution in [-0.4, -0.2) is 19.7 Å². The predicted molar refractivity (Wildman–Crippen MR) is 45.8 cm³/mol. The minimum Gasteiger partial charge on any atom is -0.271 e. The third kappa shape index (κ3) is 0.958. The molecule has 0 N–H and O–H groups in total. The van der Waals surface area contributed by atoms with Crippen LogP contribution in [-0.2, 0) is 7.05 Å². The molecule has 0 unspecified atom stereocenters. The highest BCUT2D eigenvalue weighted by Gasteiger charge is 2.03. The molecular formula is C8H10N4. The van der Waals surface area contributed by atoms with Crippen LogP contribution < -0.4 is 0 Å². The van der Waals surface area contributed by atoms with Crippen molar-refractivity contribution in [1.29, 1.82) is 0 Å². The summed E-state index contributed by atoms with van der Waals surface area (Å²) in [6, 6.07) is 0. The standard InChI is InChI=1S/C8H10N4/c1-5-6(2)10-8-7(9-5)4-12(3)11-8/h4H,1-3H3. The zero-order valence-electron chi connectivity index (χ0n) is 7.37. The van der Waals surface area contributed by atoms with Gasteiger partial charge in [-0.3, -0.25) is 4.68 Å². The second-order valence-electron chi connectivity index (χ2n) is 2.91. The van der Waals surface area contributed by atoms with E-state index in [1.54, 1.807) is 4.68 Å². The van der Waals surface area contributed by atoms with Crippen LogP contribution in [0.5, 0.6) is 0 Å². The maximum atomic E-state index is 4.35. The monoisotopic (exact) mass is 162 g/mol. The Morgan fingerprint density at radius 1 is 1.17 bits per heavy atom. The Kier molecular flexibility index (Phi) is 1.36. The molecule has 0 spiro atoms. The number of hydrogen-bond donors (Lipinski definition) is 0. The summed E-state index contributed by atoms with van der Waals surface area (Å²) in [4.78, 5) is 8.65. The molecule has 0 aliphatic heterocycles. The van der Waals surface area contributed by atoms with E-state index in [2.05, 4.69) is 15.1 Å². The van der Waals surface area contributed by atoms with Crippen LogP contribution in [0, 0.1) is 13.8 Å². The Morgan fingerprint density at radius 3 is 2.58 bits per heavy atom. The average molecular weight is 162 g/mol. The molecule has 4 heteroatoms. The summed E-state index contributed by atoms with van der Waals surface area (Å²) in [5.74, 6) is 0. The minimum absolute atomic E-state index is 0.723. The molecule has 2 rings (SSSR count). The number of rotatable bonds is 0. The van der Waals surface area contributed by atoms with E-state index in [1.165, 1.54) is 0 Å². The highest BCUT2D eigenvalue weighted by atomic mass is 15.3. The number of aromatic nitrogens is 4. The van der Waals surface area contributed by atoms with Crippen LogP contribution in [0.15, 0.2) is 6.20 Å². The number of nitrogens with zero attached hydrogens (tertiary/aromatic N) is 4. The van der Waals surface area contributed by atoms with Gasteiger partial charge in [0.1, 0.15) is 5.52 Å².